The number of amides is 1. The van der Waals surface area contributed by atoms with Crippen LogP contribution in [0.2, 0.25) is 5.02 Å². The van der Waals surface area contributed by atoms with Crippen LogP contribution in [-0.2, 0) is 0 Å². The van der Waals surface area contributed by atoms with E-state index >= 15 is 0 Å². The van der Waals surface area contributed by atoms with Crippen molar-refractivity contribution in [1.29, 1.82) is 0 Å². The minimum absolute atomic E-state index is 0.0390. The summed E-state index contributed by atoms with van der Waals surface area (Å²) in [4.78, 5) is 31.2. The Morgan fingerprint density at radius 3 is 2.69 bits per heavy atom. The summed E-state index contributed by atoms with van der Waals surface area (Å²) in [6.45, 7) is 1.18. The van der Waals surface area contributed by atoms with E-state index in [1.54, 1.807) is 29.4 Å². The molecule has 1 atom stereocenters. The Morgan fingerprint density at radius 1 is 1.12 bits per heavy atom. The van der Waals surface area contributed by atoms with Gasteiger partial charge in [-0.25, -0.2) is 9.97 Å². The Hall–Kier alpha value is -2.80. The van der Waals surface area contributed by atoms with Crippen molar-refractivity contribution >= 4 is 28.5 Å². The number of carbonyl (C=O) groups excluding carboxylic acids is 1. The minimum Gasteiger partial charge on any atom is -0.458 e. The van der Waals surface area contributed by atoms with E-state index in [1.165, 1.54) is 12.4 Å². The molecular weight excluding hydrogens is 354 g/mol. The number of hydrogen-bond donors (Lipinski definition) is 0. The fourth-order valence-corrected chi connectivity index (χ4v) is 3.11. The van der Waals surface area contributed by atoms with Crippen LogP contribution in [-0.4, -0.2) is 49.9 Å². The molecule has 1 aromatic carbocycles. The molecule has 0 unspecified atom stereocenters. The largest absolute Gasteiger partial charge is 0.458 e. The van der Waals surface area contributed by atoms with Gasteiger partial charge in [-0.3, -0.25) is 14.8 Å². The van der Waals surface area contributed by atoms with E-state index in [4.69, 9.17) is 16.3 Å². The molecule has 132 valence electrons. The topological polar surface area (TPSA) is 81.1 Å². The number of fused-ring (bicyclic) bond motifs is 1. The van der Waals surface area contributed by atoms with Crippen LogP contribution in [0.5, 0.6) is 6.01 Å². The summed E-state index contributed by atoms with van der Waals surface area (Å²) in [5.41, 5.74) is 2.07. The molecular formula is C18H16ClN5O2. The van der Waals surface area contributed by atoms with Crippen LogP contribution in [0.1, 0.15) is 23.2 Å². The molecule has 1 amide bonds. The highest BCUT2D eigenvalue weighted by Crippen LogP contribution is 2.19. The minimum atomic E-state index is -0.144. The summed E-state index contributed by atoms with van der Waals surface area (Å²) in [6.07, 6.45) is 7.80. The summed E-state index contributed by atoms with van der Waals surface area (Å²) in [5, 5.41) is 0.456. The fourth-order valence-electron chi connectivity index (χ4n) is 3.01. The molecule has 2 aromatic heterocycles. The van der Waals surface area contributed by atoms with Crippen LogP contribution in [0.3, 0.4) is 0 Å². The van der Waals surface area contributed by atoms with Gasteiger partial charge in [0.1, 0.15) is 6.10 Å². The molecule has 4 rings (SSSR count). The Labute approximate surface area is 155 Å². The first-order valence-corrected chi connectivity index (χ1v) is 8.71. The summed E-state index contributed by atoms with van der Waals surface area (Å²) in [7, 11) is 0. The second kappa shape index (κ2) is 7.21. The molecule has 7 nitrogen and oxygen atoms in total. The van der Waals surface area contributed by atoms with E-state index in [-0.39, 0.29) is 18.0 Å². The van der Waals surface area contributed by atoms with Gasteiger partial charge in [-0.2, -0.15) is 0 Å². The summed E-state index contributed by atoms with van der Waals surface area (Å²) in [6, 6.07) is 5.65. The van der Waals surface area contributed by atoms with Crippen molar-refractivity contribution in [3.8, 4) is 6.01 Å². The Bertz CT molecular complexity index is 934. The number of likely N-dealkylation sites (tertiary alicyclic amines) is 1. The van der Waals surface area contributed by atoms with Gasteiger partial charge in [0.15, 0.2) is 0 Å². The number of carbonyl (C=O) groups is 1. The van der Waals surface area contributed by atoms with Crippen molar-refractivity contribution in [3.63, 3.8) is 0 Å². The predicted molar refractivity (Wildman–Crippen MR) is 96.1 cm³/mol. The maximum Gasteiger partial charge on any atom is 0.316 e. The van der Waals surface area contributed by atoms with Crippen LogP contribution in [0.25, 0.3) is 11.0 Å². The SMILES string of the molecule is O=C(c1ccc2nccnc2c1)N1CCC[C@H](Oc2ncc(Cl)cn2)C1. The number of benzene rings is 1. The number of piperidine rings is 1. The average Bonchev–Trinajstić information content (AvgIpc) is 2.69. The standard InChI is InChI=1S/C18H16ClN5O2/c19-13-9-22-18(23-10-13)26-14-2-1-7-24(11-14)17(25)12-3-4-15-16(8-12)21-6-5-20-15/h3-6,8-10,14H,1-2,7,11H2/t14-/m0/s1. The van der Waals surface area contributed by atoms with Crippen molar-refractivity contribution in [1.82, 2.24) is 24.8 Å². The molecule has 0 aliphatic carbocycles. The second-order valence-corrected chi connectivity index (χ2v) is 6.51. The van der Waals surface area contributed by atoms with Gasteiger partial charge in [0, 0.05) is 24.5 Å². The lowest BCUT2D eigenvalue weighted by molar-refractivity contribution is 0.0516. The highest BCUT2D eigenvalue weighted by molar-refractivity contribution is 6.30. The van der Waals surface area contributed by atoms with E-state index < -0.39 is 0 Å². The molecule has 1 fully saturated rings. The van der Waals surface area contributed by atoms with Gasteiger partial charge >= 0.3 is 6.01 Å². The quantitative estimate of drug-likeness (QED) is 0.706. The zero-order valence-electron chi connectivity index (χ0n) is 13.9. The van der Waals surface area contributed by atoms with Gasteiger partial charge < -0.3 is 9.64 Å². The lowest BCUT2D eigenvalue weighted by Gasteiger charge is -2.32. The van der Waals surface area contributed by atoms with Crippen LogP contribution < -0.4 is 4.74 Å². The van der Waals surface area contributed by atoms with Crippen molar-refractivity contribution in [2.45, 2.75) is 18.9 Å². The number of rotatable bonds is 3. The molecule has 3 heterocycles. The van der Waals surface area contributed by atoms with Gasteiger partial charge in [-0.15, -0.1) is 0 Å². The van der Waals surface area contributed by atoms with Crippen LogP contribution in [0, 0.1) is 0 Å². The lowest BCUT2D eigenvalue weighted by atomic mass is 10.1. The fraction of sp³-hybridized carbons (Fsp3) is 0.278. The van der Waals surface area contributed by atoms with E-state index in [9.17, 15) is 4.79 Å². The first kappa shape index (κ1) is 16.7. The average molecular weight is 370 g/mol. The van der Waals surface area contributed by atoms with Crippen molar-refractivity contribution in [3.05, 3.63) is 53.6 Å². The smallest absolute Gasteiger partial charge is 0.316 e. The molecule has 8 heteroatoms. The summed E-state index contributed by atoms with van der Waals surface area (Å²) in [5.74, 6) is -0.0390. The number of halogens is 1. The molecule has 0 N–H and O–H groups in total. The highest BCUT2D eigenvalue weighted by atomic mass is 35.5. The maximum atomic E-state index is 12.9. The molecule has 26 heavy (non-hydrogen) atoms. The first-order valence-electron chi connectivity index (χ1n) is 8.33. The van der Waals surface area contributed by atoms with E-state index in [2.05, 4.69) is 19.9 Å². The van der Waals surface area contributed by atoms with Crippen molar-refractivity contribution < 1.29 is 9.53 Å². The zero-order chi connectivity index (χ0) is 17.9. The number of nitrogens with zero attached hydrogens (tertiary/aromatic N) is 5. The van der Waals surface area contributed by atoms with E-state index in [0.717, 1.165) is 18.4 Å². The molecule has 1 aliphatic rings. The third-order valence-electron chi connectivity index (χ3n) is 4.25. The van der Waals surface area contributed by atoms with Gasteiger partial charge in [-0.05, 0) is 31.0 Å². The molecule has 0 spiro atoms. The highest BCUT2D eigenvalue weighted by Gasteiger charge is 2.26. The molecule has 0 saturated carbocycles. The third kappa shape index (κ3) is 3.57. The van der Waals surface area contributed by atoms with Gasteiger partial charge in [0.2, 0.25) is 0 Å². The Balaban J connectivity index is 1.47. The van der Waals surface area contributed by atoms with Gasteiger partial charge in [-0.1, -0.05) is 11.6 Å². The Morgan fingerprint density at radius 2 is 1.88 bits per heavy atom. The summed E-state index contributed by atoms with van der Waals surface area (Å²) < 4.78 is 5.80. The number of aromatic nitrogens is 4. The Kier molecular flexibility index (Phi) is 4.62. The monoisotopic (exact) mass is 369 g/mol. The van der Waals surface area contributed by atoms with Crippen LogP contribution >= 0.6 is 11.6 Å². The summed E-state index contributed by atoms with van der Waals surface area (Å²) >= 11 is 5.79. The molecule has 1 aliphatic heterocycles. The van der Waals surface area contributed by atoms with Crippen molar-refractivity contribution in [2.75, 3.05) is 13.1 Å². The number of ether oxygens (including phenoxy) is 1. The normalized spacial score (nSPS) is 17.3. The molecule has 3 aromatic rings. The molecule has 0 radical (unpaired) electrons. The second-order valence-electron chi connectivity index (χ2n) is 6.08. The maximum absolute atomic E-state index is 12.9. The molecule has 0 bridgehead atoms. The number of hydrogen-bond acceptors (Lipinski definition) is 6. The lowest BCUT2D eigenvalue weighted by Crippen LogP contribution is -2.44. The van der Waals surface area contributed by atoms with Gasteiger partial charge in [0.05, 0.1) is 35.0 Å². The van der Waals surface area contributed by atoms with E-state index in [1.807, 2.05) is 6.07 Å². The van der Waals surface area contributed by atoms with Crippen LogP contribution in [0.4, 0.5) is 0 Å². The van der Waals surface area contributed by atoms with Crippen LogP contribution in [0.15, 0.2) is 43.0 Å². The molecule has 1 saturated heterocycles. The predicted octanol–water partition coefficient (Wildman–Crippen LogP) is 2.76. The first-order chi connectivity index (χ1) is 12.7. The zero-order valence-corrected chi connectivity index (χ0v) is 14.6. The van der Waals surface area contributed by atoms with Gasteiger partial charge in [0.25, 0.3) is 5.91 Å². The third-order valence-corrected chi connectivity index (χ3v) is 4.45. The van der Waals surface area contributed by atoms with E-state index in [0.29, 0.717) is 29.2 Å². The van der Waals surface area contributed by atoms with Crippen molar-refractivity contribution in [2.24, 2.45) is 0 Å².